The summed E-state index contributed by atoms with van der Waals surface area (Å²) in [5, 5.41) is 0. The molecule has 0 heteroatoms. The van der Waals surface area contributed by atoms with Crippen molar-refractivity contribution in [3.05, 3.63) is 35.4 Å². The first-order valence-electron chi connectivity index (χ1n) is 7.81. The summed E-state index contributed by atoms with van der Waals surface area (Å²) in [6.07, 6.45) is 12.1. The maximum atomic E-state index is 2.42. The summed E-state index contributed by atoms with van der Waals surface area (Å²) in [6, 6.07) is 9.68. The summed E-state index contributed by atoms with van der Waals surface area (Å²) in [5.74, 6) is 2.15. The Morgan fingerprint density at radius 3 is 1.61 bits per heavy atom. The van der Waals surface area contributed by atoms with E-state index >= 15 is 0 Å². The standard InChI is InChI=1S/C18H22/c1-2-14-4-3-13(1)6-17-8-15-5-16(9-17)11-18(7-14,10-15)12-17/h1-4,15-16H,5-12H2. The zero-order valence-corrected chi connectivity index (χ0v) is 11.1. The maximum Gasteiger partial charge on any atom is -0.0222 e. The molecule has 0 atom stereocenters. The summed E-state index contributed by atoms with van der Waals surface area (Å²) >= 11 is 0. The Balaban J connectivity index is 1.70. The average molecular weight is 238 g/mol. The highest BCUT2D eigenvalue weighted by Gasteiger charge is 2.57. The Labute approximate surface area is 110 Å². The van der Waals surface area contributed by atoms with E-state index in [1.54, 1.807) is 49.7 Å². The van der Waals surface area contributed by atoms with Gasteiger partial charge in [-0.2, -0.15) is 0 Å². The minimum atomic E-state index is 0.702. The van der Waals surface area contributed by atoms with Gasteiger partial charge in [0.25, 0.3) is 0 Å². The molecular formula is C18H22. The SMILES string of the molecule is c1cc2ccc1CC13CC4CC(C1)CC(C2)(C4)C3. The van der Waals surface area contributed by atoms with Crippen LogP contribution in [0.25, 0.3) is 0 Å². The van der Waals surface area contributed by atoms with Crippen molar-refractivity contribution in [3.63, 3.8) is 0 Å². The zero-order valence-electron chi connectivity index (χ0n) is 11.1. The Kier molecular flexibility index (Phi) is 1.69. The molecule has 6 bridgehead atoms. The predicted octanol–water partition coefficient (Wildman–Crippen LogP) is 4.37. The first kappa shape index (κ1) is 10.1. The molecule has 0 nitrogen and oxygen atoms in total. The first-order chi connectivity index (χ1) is 8.73. The highest BCUT2D eigenvalue weighted by atomic mass is 14.6. The van der Waals surface area contributed by atoms with Crippen molar-refractivity contribution in [2.45, 2.75) is 51.4 Å². The number of hydrogen-bond donors (Lipinski definition) is 0. The van der Waals surface area contributed by atoms with Crippen molar-refractivity contribution >= 4 is 0 Å². The molecular weight excluding hydrogens is 216 g/mol. The normalized spacial score (nSPS) is 47.8. The lowest BCUT2D eigenvalue weighted by molar-refractivity contribution is -0.109. The molecule has 6 aliphatic rings. The van der Waals surface area contributed by atoms with Crippen LogP contribution in [0.15, 0.2) is 24.3 Å². The molecule has 0 saturated heterocycles. The van der Waals surface area contributed by atoms with E-state index < -0.39 is 0 Å². The fourth-order valence-electron chi connectivity index (χ4n) is 6.70. The van der Waals surface area contributed by atoms with Gasteiger partial charge >= 0.3 is 0 Å². The van der Waals surface area contributed by atoms with Crippen LogP contribution >= 0.6 is 0 Å². The summed E-state index contributed by atoms with van der Waals surface area (Å²) in [5.41, 5.74) is 4.62. The molecule has 2 spiro atoms. The van der Waals surface area contributed by atoms with Gasteiger partial charge in [0.2, 0.25) is 0 Å². The molecule has 0 radical (unpaired) electrons. The summed E-state index contributed by atoms with van der Waals surface area (Å²) in [4.78, 5) is 0. The molecule has 1 aromatic carbocycles. The molecule has 0 N–H and O–H groups in total. The Bertz CT molecular complexity index is 438. The van der Waals surface area contributed by atoms with Gasteiger partial charge in [-0.25, -0.2) is 0 Å². The van der Waals surface area contributed by atoms with Crippen LogP contribution in [0.5, 0.6) is 0 Å². The lowest BCUT2D eigenvalue weighted by Gasteiger charge is -2.62. The van der Waals surface area contributed by atoms with Crippen molar-refractivity contribution < 1.29 is 0 Å². The van der Waals surface area contributed by atoms with Crippen LogP contribution in [-0.2, 0) is 12.8 Å². The smallest absolute Gasteiger partial charge is 0.0222 e. The summed E-state index contributed by atoms with van der Waals surface area (Å²) < 4.78 is 0. The van der Waals surface area contributed by atoms with E-state index in [0.29, 0.717) is 10.8 Å². The molecule has 18 heavy (non-hydrogen) atoms. The molecule has 0 heterocycles. The highest BCUT2D eigenvalue weighted by Crippen LogP contribution is 2.67. The molecule has 4 saturated carbocycles. The van der Waals surface area contributed by atoms with Crippen molar-refractivity contribution in [1.82, 2.24) is 0 Å². The highest BCUT2D eigenvalue weighted by molar-refractivity contribution is 5.28. The van der Waals surface area contributed by atoms with E-state index in [0.717, 1.165) is 11.8 Å². The minimum Gasteiger partial charge on any atom is -0.0587 e. The van der Waals surface area contributed by atoms with E-state index in [1.807, 2.05) is 0 Å². The fraction of sp³-hybridized carbons (Fsp3) is 0.667. The van der Waals surface area contributed by atoms with Gasteiger partial charge in [0, 0.05) is 0 Å². The van der Waals surface area contributed by atoms with Gasteiger partial charge < -0.3 is 0 Å². The molecule has 0 amide bonds. The van der Waals surface area contributed by atoms with Crippen LogP contribution < -0.4 is 0 Å². The molecule has 6 aliphatic carbocycles. The number of fused-ring (bicyclic) bond motifs is 2. The lowest BCUT2D eigenvalue weighted by Crippen LogP contribution is -2.53. The third-order valence-corrected chi connectivity index (χ3v) is 6.48. The fourth-order valence-corrected chi connectivity index (χ4v) is 6.70. The third-order valence-electron chi connectivity index (χ3n) is 6.48. The van der Waals surface area contributed by atoms with Gasteiger partial charge in [-0.05, 0) is 85.2 Å². The lowest BCUT2D eigenvalue weighted by atomic mass is 9.43. The molecule has 4 fully saturated rings. The first-order valence-corrected chi connectivity index (χ1v) is 7.81. The van der Waals surface area contributed by atoms with Gasteiger partial charge in [0.05, 0.1) is 0 Å². The maximum absolute atomic E-state index is 2.42. The van der Waals surface area contributed by atoms with Crippen LogP contribution in [0.2, 0.25) is 0 Å². The van der Waals surface area contributed by atoms with Gasteiger partial charge in [-0.3, -0.25) is 0 Å². The number of benzene rings is 1. The summed E-state index contributed by atoms with van der Waals surface area (Å²) in [6.45, 7) is 0. The monoisotopic (exact) mass is 238 g/mol. The molecule has 7 rings (SSSR count). The minimum absolute atomic E-state index is 0.702. The number of rotatable bonds is 0. The van der Waals surface area contributed by atoms with Gasteiger partial charge in [-0.1, -0.05) is 24.3 Å². The van der Waals surface area contributed by atoms with E-state index in [4.69, 9.17) is 0 Å². The Morgan fingerprint density at radius 1 is 0.722 bits per heavy atom. The second-order valence-corrected chi connectivity index (χ2v) is 8.13. The molecule has 1 aromatic rings. The third kappa shape index (κ3) is 1.27. The van der Waals surface area contributed by atoms with Crippen LogP contribution in [0.4, 0.5) is 0 Å². The van der Waals surface area contributed by atoms with Gasteiger partial charge in [-0.15, -0.1) is 0 Å². The van der Waals surface area contributed by atoms with E-state index in [2.05, 4.69) is 24.3 Å². The predicted molar refractivity (Wildman–Crippen MR) is 73.4 cm³/mol. The average Bonchev–Trinajstić information content (AvgIpc) is 2.33. The zero-order chi connectivity index (χ0) is 11.8. The van der Waals surface area contributed by atoms with Crippen LogP contribution in [0.3, 0.4) is 0 Å². The summed E-state index contributed by atoms with van der Waals surface area (Å²) in [7, 11) is 0. The van der Waals surface area contributed by atoms with E-state index in [1.165, 1.54) is 12.8 Å². The second kappa shape index (κ2) is 3.03. The second-order valence-electron chi connectivity index (χ2n) is 8.13. The van der Waals surface area contributed by atoms with Crippen molar-refractivity contribution in [3.8, 4) is 0 Å². The Morgan fingerprint density at radius 2 is 1.17 bits per heavy atom. The van der Waals surface area contributed by atoms with Gasteiger partial charge in [0.1, 0.15) is 0 Å². The van der Waals surface area contributed by atoms with Crippen molar-refractivity contribution in [1.29, 1.82) is 0 Å². The number of hydrogen-bond acceptors (Lipinski definition) is 0. The van der Waals surface area contributed by atoms with E-state index in [-0.39, 0.29) is 0 Å². The van der Waals surface area contributed by atoms with Crippen LogP contribution in [0.1, 0.15) is 49.7 Å². The van der Waals surface area contributed by atoms with Crippen LogP contribution in [0, 0.1) is 22.7 Å². The largest absolute Gasteiger partial charge is 0.0587 e. The van der Waals surface area contributed by atoms with Crippen molar-refractivity contribution in [2.75, 3.05) is 0 Å². The van der Waals surface area contributed by atoms with Crippen LogP contribution in [-0.4, -0.2) is 0 Å². The van der Waals surface area contributed by atoms with Crippen molar-refractivity contribution in [2.24, 2.45) is 22.7 Å². The quantitative estimate of drug-likeness (QED) is 0.629. The molecule has 0 unspecified atom stereocenters. The Hall–Kier alpha value is -0.780. The topological polar surface area (TPSA) is 0 Å². The molecule has 0 aromatic heterocycles. The molecule has 0 aliphatic heterocycles. The van der Waals surface area contributed by atoms with Gasteiger partial charge in [0.15, 0.2) is 0 Å². The molecule has 94 valence electrons. The van der Waals surface area contributed by atoms with E-state index in [9.17, 15) is 0 Å².